The van der Waals surface area contributed by atoms with Crippen molar-refractivity contribution < 1.29 is 9.72 Å². The molecular weight excluding hydrogens is 291 g/mol. The van der Waals surface area contributed by atoms with Gasteiger partial charge in [-0.1, -0.05) is 24.9 Å². The highest BCUT2D eigenvalue weighted by Gasteiger charge is 2.20. The fourth-order valence-corrected chi connectivity index (χ4v) is 2.03. The molecule has 0 saturated carbocycles. The van der Waals surface area contributed by atoms with Crippen molar-refractivity contribution in [2.75, 3.05) is 6.54 Å². The number of hydrogen-bond donors (Lipinski definition) is 1. The van der Waals surface area contributed by atoms with E-state index in [1.54, 1.807) is 0 Å². The number of halogens is 2. The molecule has 0 aliphatic heterocycles. The molecule has 1 aromatic carbocycles. The van der Waals surface area contributed by atoms with Gasteiger partial charge in [-0.15, -0.1) is 11.6 Å². The molecular formula is C12H14Cl2N2O3. The third-order valence-corrected chi connectivity index (χ3v) is 3.09. The van der Waals surface area contributed by atoms with Gasteiger partial charge < -0.3 is 5.32 Å². The maximum Gasteiger partial charge on any atom is 0.282 e. The summed E-state index contributed by atoms with van der Waals surface area (Å²) in [5, 5.41) is 13.5. The van der Waals surface area contributed by atoms with Crippen LogP contribution in [0.5, 0.6) is 0 Å². The molecule has 0 radical (unpaired) electrons. The van der Waals surface area contributed by atoms with Gasteiger partial charge in [-0.3, -0.25) is 14.9 Å². The van der Waals surface area contributed by atoms with Crippen LogP contribution in [-0.4, -0.2) is 22.8 Å². The van der Waals surface area contributed by atoms with E-state index in [9.17, 15) is 14.9 Å². The van der Waals surface area contributed by atoms with Crippen LogP contribution in [0.25, 0.3) is 0 Å². The van der Waals surface area contributed by atoms with E-state index in [4.69, 9.17) is 23.2 Å². The molecule has 0 bridgehead atoms. The Morgan fingerprint density at radius 2 is 2.21 bits per heavy atom. The normalized spacial score (nSPS) is 11.9. The summed E-state index contributed by atoms with van der Waals surface area (Å²) in [5.41, 5.74) is -0.332. The van der Waals surface area contributed by atoms with Crippen LogP contribution in [0.3, 0.4) is 0 Å². The number of carbonyl (C=O) groups is 1. The largest absolute Gasteiger partial charge is 0.350 e. The molecule has 0 aromatic heterocycles. The lowest BCUT2D eigenvalue weighted by atomic mass is 10.1. The predicted molar refractivity (Wildman–Crippen MR) is 75.0 cm³/mol. The zero-order valence-corrected chi connectivity index (χ0v) is 11.9. The van der Waals surface area contributed by atoms with Gasteiger partial charge in [0.2, 0.25) is 0 Å². The highest BCUT2D eigenvalue weighted by molar-refractivity contribution is 6.31. The Morgan fingerprint density at radius 1 is 1.53 bits per heavy atom. The van der Waals surface area contributed by atoms with Crippen LogP contribution in [0.15, 0.2) is 18.2 Å². The van der Waals surface area contributed by atoms with Crippen LogP contribution in [0.2, 0.25) is 5.02 Å². The van der Waals surface area contributed by atoms with Gasteiger partial charge in [-0.25, -0.2) is 0 Å². The number of nitro groups is 1. The molecule has 0 spiro atoms. The van der Waals surface area contributed by atoms with Gasteiger partial charge in [-0.05, 0) is 18.6 Å². The standard InChI is InChI=1S/C12H14Cl2N2O3/c1-2-3-9(14)7-15-12(17)10-6-8(13)4-5-11(10)16(18)19/h4-6,9H,2-3,7H2,1H3,(H,15,17). The fourth-order valence-electron chi connectivity index (χ4n) is 1.56. The average Bonchev–Trinajstić information content (AvgIpc) is 2.35. The number of rotatable bonds is 6. The SMILES string of the molecule is CCCC(Cl)CNC(=O)c1cc(Cl)ccc1[N+](=O)[O-]. The van der Waals surface area contributed by atoms with Crippen molar-refractivity contribution in [3.63, 3.8) is 0 Å². The van der Waals surface area contributed by atoms with Crippen LogP contribution >= 0.6 is 23.2 Å². The maximum atomic E-state index is 11.9. The Morgan fingerprint density at radius 3 is 2.79 bits per heavy atom. The first-order chi connectivity index (χ1) is 8.95. The molecule has 104 valence electrons. The smallest absolute Gasteiger partial charge is 0.282 e. The summed E-state index contributed by atoms with van der Waals surface area (Å²) in [6.07, 6.45) is 1.67. The summed E-state index contributed by atoms with van der Waals surface area (Å²) in [6.45, 7) is 2.25. The molecule has 1 atom stereocenters. The van der Waals surface area contributed by atoms with Gasteiger partial charge >= 0.3 is 0 Å². The molecule has 1 N–H and O–H groups in total. The number of nitrogens with zero attached hydrogens (tertiary/aromatic N) is 1. The molecule has 1 aromatic rings. The first-order valence-electron chi connectivity index (χ1n) is 5.82. The molecule has 0 aliphatic rings. The van der Waals surface area contributed by atoms with E-state index in [0.29, 0.717) is 0 Å². The van der Waals surface area contributed by atoms with Crippen LogP contribution in [0, 0.1) is 10.1 Å². The van der Waals surface area contributed by atoms with E-state index in [1.165, 1.54) is 18.2 Å². The predicted octanol–water partition coefficient (Wildman–Crippen LogP) is 3.39. The first-order valence-corrected chi connectivity index (χ1v) is 6.63. The Kier molecular flexibility index (Phi) is 6.05. The summed E-state index contributed by atoms with van der Waals surface area (Å²) in [7, 11) is 0. The average molecular weight is 305 g/mol. The maximum absolute atomic E-state index is 11.9. The molecule has 0 saturated heterocycles. The molecule has 0 fully saturated rings. The molecule has 1 unspecified atom stereocenters. The van der Waals surface area contributed by atoms with E-state index >= 15 is 0 Å². The van der Waals surface area contributed by atoms with Crippen LogP contribution in [0.4, 0.5) is 5.69 Å². The van der Waals surface area contributed by atoms with Crippen molar-refractivity contribution in [3.05, 3.63) is 38.9 Å². The van der Waals surface area contributed by atoms with E-state index < -0.39 is 10.8 Å². The number of alkyl halides is 1. The van der Waals surface area contributed by atoms with Crippen molar-refractivity contribution >= 4 is 34.8 Å². The Bertz CT molecular complexity index is 480. The minimum absolute atomic E-state index is 0.0575. The molecule has 19 heavy (non-hydrogen) atoms. The minimum atomic E-state index is -0.616. The van der Waals surface area contributed by atoms with E-state index in [2.05, 4.69) is 5.32 Å². The molecule has 0 heterocycles. The second-order valence-electron chi connectivity index (χ2n) is 4.01. The topological polar surface area (TPSA) is 72.2 Å². The summed E-state index contributed by atoms with van der Waals surface area (Å²) >= 11 is 11.7. The van der Waals surface area contributed by atoms with E-state index in [0.717, 1.165) is 12.8 Å². The summed E-state index contributed by atoms with van der Waals surface area (Å²) < 4.78 is 0. The Balaban J connectivity index is 2.81. The van der Waals surface area contributed by atoms with Crippen molar-refractivity contribution in [2.24, 2.45) is 0 Å². The Labute approximate surface area is 121 Å². The minimum Gasteiger partial charge on any atom is -0.350 e. The number of carbonyl (C=O) groups excluding carboxylic acids is 1. The van der Waals surface area contributed by atoms with Gasteiger partial charge in [0.05, 0.1) is 10.3 Å². The lowest BCUT2D eigenvalue weighted by Gasteiger charge is -2.10. The second kappa shape index (κ2) is 7.31. The van der Waals surface area contributed by atoms with Gasteiger partial charge in [0, 0.05) is 17.6 Å². The number of benzene rings is 1. The third-order valence-electron chi connectivity index (χ3n) is 2.49. The first kappa shape index (κ1) is 15.7. The summed E-state index contributed by atoms with van der Waals surface area (Å²) in [5.74, 6) is -0.545. The van der Waals surface area contributed by atoms with Gasteiger partial charge in [0.15, 0.2) is 0 Å². The molecule has 1 amide bonds. The number of hydrogen-bond acceptors (Lipinski definition) is 3. The zero-order valence-electron chi connectivity index (χ0n) is 10.4. The van der Waals surface area contributed by atoms with E-state index in [1.807, 2.05) is 6.92 Å². The summed E-state index contributed by atoms with van der Waals surface area (Å²) in [6, 6.07) is 3.86. The lowest BCUT2D eigenvalue weighted by Crippen LogP contribution is -2.30. The number of nitrogens with one attached hydrogen (secondary N) is 1. The van der Waals surface area contributed by atoms with Crippen molar-refractivity contribution in [1.82, 2.24) is 5.32 Å². The Hall–Kier alpha value is -1.33. The van der Waals surface area contributed by atoms with Gasteiger partial charge in [-0.2, -0.15) is 0 Å². The highest BCUT2D eigenvalue weighted by atomic mass is 35.5. The number of amides is 1. The highest BCUT2D eigenvalue weighted by Crippen LogP contribution is 2.22. The van der Waals surface area contributed by atoms with Crippen LogP contribution < -0.4 is 5.32 Å². The van der Waals surface area contributed by atoms with Crippen molar-refractivity contribution in [1.29, 1.82) is 0 Å². The quantitative estimate of drug-likeness (QED) is 0.497. The zero-order chi connectivity index (χ0) is 14.4. The molecule has 5 nitrogen and oxygen atoms in total. The molecule has 7 heteroatoms. The third kappa shape index (κ3) is 4.69. The van der Waals surface area contributed by atoms with Crippen LogP contribution in [0.1, 0.15) is 30.1 Å². The van der Waals surface area contributed by atoms with Gasteiger partial charge in [0.25, 0.3) is 11.6 Å². The summed E-state index contributed by atoms with van der Waals surface area (Å²) in [4.78, 5) is 22.1. The van der Waals surface area contributed by atoms with Crippen LogP contribution in [-0.2, 0) is 0 Å². The molecule has 0 aliphatic carbocycles. The van der Waals surface area contributed by atoms with Gasteiger partial charge in [0.1, 0.15) is 5.56 Å². The number of nitro benzene ring substituents is 1. The second-order valence-corrected chi connectivity index (χ2v) is 5.07. The fraction of sp³-hybridized carbons (Fsp3) is 0.417. The van der Waals surface area contributed by atoms with Crippen molar-refractivity contribution in [3.8, 4) is 0 Å². The lowest BCUT2D eigenvalue weighted by molar-refractivity contribution is -0.385. The molecule has 1 rings (SSSR count). The monoisotopic (exact) mass is 304 g/mol. The van der Waals surface area contributed by atoms with E-state index in [-0.39, 0.29) is 28.2 Å². The van der Waals surface area contributed by atoms with Crippen molar-refractivity contribution in [2.45, 2.75) is 25.1 Å².